The number of hydrogen-bond donors (Lipinski definition) is 1. The van der Waals surface area contributed by atoms with Gasteiger partial charge in [-0.3, -0.25) is 0 Å². The molecule has 1 aromatic carbocycles. The van der Waals surface area contributed by atoms with Crippen molar-refractivity contribution in [2.75, 3.05) is 6.54 Å². The van der Waals surface area contributed by atoms with Crippen LogP contribution >= 0.6 is 11.6 Å². The van der Waals surface area contributed by atoms with Crippen LogP contribution in [-0.2, 0) is 0 Å². The van der Waals surface area contributed by atoms with Crippen molar-refractivity contribution in [2.24, 2.45) is 0 Å². The van der Waals surface area contributed by atoms with Crippen LogP contribution in [0.25, 0.3) is 11.3 Å². The molecule has 18 heavy (non-hydrogen) atoms. The molecule has 96 valence electrons. The highest BCUT2D eigenvalue weighted by Crippen LogP contribution is 2.27. The molecular weight excluding hydrogens is 248 g/mol. The highest BCUT2D eigenvalue weighted by Gasteiger charge is 2.12. The van der Waals surface area contributed by atoms with Gasteiger partial charge in [0.2, 0.25) is 5.89 Å². The molecular formula is C14H17ClN2O. The first-order valence-electron chi connectivity index (χ1n) is 6.07. The second-order valence-corrected chi connectivity index (χ2v) is 4.71. The summed E-state index contributed by atoms with van der Waals surface area (Å²) in [7, 11) is 0. The average molecular weight is 265 g/mol. The number of aryl methyl sites for hydroxylation is 1. The molecule has 0 radical (unpaired) electrons. The van der Waals surface area contributed by atoms with Crippen molar-refractivity contribution in [3.63, 3.8) is 0 Å². The topological polar surface area (TPSA) is 38.1 Å². The van der Waals surface area contributed by atoms with Crippen LogP contribution in [0.3, 0.4) is 0 Å². The van der Waals surface area contributed by atoms with Gasteiger partial charge in [0.1, 0.15) is 0 Å². The molecule has 4 heteroatoms. The zero-order valence-electron chi connectivity index (χ0n) is 10.8. The van der Waals surface area contributed by atoms with Crippen molar-refractivity contribution in [1.29, 1.82) is 0 Å². The van der Waals surface area contributed by atoms with Crippen LogP contribution in [0.5, 0.6) is 0 Å². The number of hydrogen-bond acceptors (Lipinski definition) is 3. The highest BCUT2D eigenvalue weighted by atomic mass is 35.5. The summed E-state index contributed by atoms with van der Waals surface area (Å²) >= 11 is 6.11. The van der Waals surface area contributed by atoms with Gasteiger partial charge in [0, 0.05) is 10.6 Å². The smallest absolute Gasteiger partial charge is 0.211 e. The van der Waals surface area contributed by atoms with Crippen LogP contribution in [0, 0.1) is 6.92 Å². The van der Waals surface area contributed by atoms with E-state index < -0.39 is 0 Å². The van der Waals surface area contributed by atoms with Gasteiger partial charge in [0.25, 0.3) is 0 Å². The van der Waals surface area contributed by atoms with E-state index in [0.29, 0.717) is 5.89 Å². The summed E-state index contributed by atoms with van der Waals surface area (Å²) in [4.78, 5) is 4.29. The van der Waals surface area contributed by atoms with Gasteiger partial charge >= 0.3 is 0 Å². The molecule has 1 N–H and O–H groups in total. The lowest BCUT2D eigenvalue weighted by molar-refractivity contribution is 0.429. The van der Waals surface area contributed by atoms with Crippen LogP contribution in [0.4, 0.5) is 0 Å². The molecule has 0 saturated heterocycles. The third-order valence-corrected chi connectivity index (χ3v) is 3.27. The van der Waals surface area contributed by atoms with Gasteiger partial charge in [-0.05, 0) is 32.0 Å². The van der Waals surface area contributed by atoms with Crippen molar-refractivity contribution in [2.45, 2.75) is 26.8 Å². The number of halogens is 1. The zero-order valence-corrected chi connectivity index (χ0v) is 11.6. The molecule has 0 saturated carbocycles. The van der Waals surface area contributed by atoms with Crippen molar-refractivity contribution >= 4 is 11.6 Å². The minimum Gasteiger partial charge on any atom is -0.439 e. The van der Waals surface area contributed by atoms with Crippen LogP contribution in [0.2, 0.25) is 5.02 Å². The van der Waals surface area contributed by atoms with Gasteiger partial charge in [-0.25, -0.2) is 4.98 Å². The minimum atomic E-state index is 0.115. The van der Waals surface area contributed by atoms with E-state index in [4.69, 9.17) is 16.0 Å². The highest BCUT2D eigenvalue weighted by molar-refractivity contribution is 6.31. The summed E-state index contributed by atoms with van der Waals surface area (Å²) in [5.74, 6) is 1.44. The number of rotatable bonds is 4. The Morgan fingerprint density at radius 1 is 1.44 bits per heavy atom. The quantitative estimate of drug-likeness (QED) is 0.908. The molecule has 3 nitrogen and oxygen atoms in total. The van der Waals surface area contributed by atoms with Gasteiger partial charge in [-0.1, -0.05) is 30.7 Å². The standard InChI is InChI=1S/C14H17ClN2O/c1-4-16-10(3)14-17-8-13(18-14)11-6-5-9(2)12(15)7-11/h5-8,10,16H,4H2,1-3H3. The summed E-state index contributed by atoms with van der Waals surface area (Å²) < 4.78 is 5.75. The average Bonchev–Trinajstić information content (AvgIpc) is 2.82. The van der Waals surface area contributed by atoms with Crippen molar-refractivity contribution in [1.82, 2.24) is 10.3 Å². The molecule has 0 aliphatic heterocycles. The van der Waals surface area contributed by atoms with Gasteiger partial charge in [0.15, 0.2) is 5.76 Å². The van der Waals surface area contributed by atoms with E-state index in [2.05, 4.69) is 17.2 Å². The normalized spacial score (nSPS) is 12.7. The molecule has 2 rings (SSSR count). The van der Waals surface area contributed by atoms with Crippen molar-refractivity contribution in [3.8, 4) is 11.3 Å². The maximum absolute atomic E-state index is 6.11. The molecule has 0 aliphatic rings. The molecule has 0 spiro atoms. The lowest BCUT2D eigenvalue weighted by Gasteiger charge is -2.07. The third kappa shape index (κ3) is 2.74. The Kier molecular flexibility index (Phi) is 4.04. The fourth-order valence-electron chi connectivity index (χ4n) is 1.76. The molecule has 0 fully saturated rings. The summed E-state index contributed by atoms with van der Waals surface area (Å²) in [6.45, 7) is 6.95. The number of benzene rings is 1. The minimum absolute atomic E-state index is 0.115. The van der Waals surface area contributed by atoms with Gasteiger partial charge in [-0.15, -0.1) is 0 Å². The van der Waals surface area contributed by atoms with Crippen LogP contribution in [0.1, 0.15) is 31.3 Å². The SMILES string of the molecule is CCNC(C)c1ncc(-c2ccc(C)c(Cl)c2)o1. The van der Waals surface area contributed by atoms with E-state index in [9.17, 15) is 0 Å². The summed E-state index contributed by atoms with van der Waals surface area (Å²) in [5.41, 5.74) is 2.01. The molecule has 0 bridgehead atoms. The van der Waals surface area contributed by atoms with Gasteiger partial charge in [-0.2, -0.15) is 0 Å². The molecule has 2 aromatic rings. The first kappa shape index (κ1) is 13.1. The van der Waals surface area contributed by atoms with E-state index in [-0.39, 0.29) is 6.04 Å². The van der Waals surface area contributed by atoms with E-state index in [1.54, 1.807) is 6.20 Å². The number of nitrogens with one attached hydrogen (secondary N) is 1. The summed E-state index contributed by atoms with van der Waals surface area (Å²) in [5, 5.41) is 4.01. The van der Waals surface area contributed by atoms with E-state index in [1.807, 2.05) is 32.0 Å². The number of nitrogens with zero attached hydrogens (tertiary/aromatic N) is 1. The van der Waals surface area contributed by atoms with Crippen LogP contribution < -0.4 is 5.32 Å². The Morgan fingerprint density at radius 2 is 2.22 bits per heavy atom. The molecule has 1 aromatic heterocycles. The number of aromatic nitrogens is 1. The van der Waals surface area contributed by atoms with E-state index in [0.717, 1.165) is 28.5 Å². The van der Waals surface area contributed by atoms with Crippen molar-refractivity contribution in [3.05, 3.63) is 40.9 Å². The molecule has 1 heterocycles. The second kappa shape index (κ2) is 5.55. The predicted molar refractivity (Wildman–Crippen MR) is 73.8 cm³/mol. The zero-order chi connectivity index (χ0) is 13.1. The first-order valence-corrected chi connectivity index (χ1v) is 6.45. The van der Waals surface area contributed by atoms with Gasteiger partial charge in [0.05, 0.1) is 12.2 Å². The van der Waals surface area contributed by atoms with Gasteiger partial charge < -0.3 is 9.73 Å². The maximum atomic E-state index is 6.11. The van der Waals surface area contributed by atoms with E-state index in [1.165, 1.54) is 0 Å². The summed E-state index contributed by atoms with van der Waals surface area (Å²) in [6.07, 6.45) is 1.74. The van der Waals surface area contributed by atoms with E-state index >= 15 is 0 Å². The van der Waals surface area contributed by atoms with Crippen molar-refractivity contribution < 1.29 is 4.42 Å². The lowest BCUT2D eigenvalue weighted by Crippen LogP contribution is -2.17. The maximum Gasteiger partial charge on any atom is 0.211 e. The second-order valence-electron chi connectivity index (χ2n) is 4.31. The lowest BCUT2D eigenvalue weighted by atomic mass is 10.1. The predicted octanol–water partition coefficient (Wildman–Crippen LogP) is 3.97. The molecule has 0 amide bonds. The third-order valence-electron chi connectivity index (χ3n) is 2.86. The van der Waals surface area contributed by atoms with Crippen LogP contribution in [-0.4, -0.2) is 11.5 Å². The Bertz CT molecular complexity index is 536. The Hall–Kier alpha value is -1.32. The summed E-state index contributed by atoms with van der Waals surface area (Å²) in [6, 6.07) is 5.99. The Labute approximate surface area is 112 Å². The molecule has 1 unspecified atom stereocenters. The molecule has 1 atom stereocenters. The largest absolute Gasteiger partial charge is 0.439 e. The molecule has 0 aliphatic carbocycles. The Morgan fingerprint density at radius 3 is 2.89 bits per heavy atom. The number of oxazole rings is 1. The Balaban J connectivity index is 2.26. The monoisotopic (exact) mass is 264 g/mol. The fourth-order valence-corrected chi connectivity index (χ4v) is 1.94. The fraction of sp³-hybridized carbons (Fsp3) is 0.357. The first-order chi connectivity index (χ1) is 8.61. The van der Waals surface area contributed by atoms with Crippen LogP contribution in [0.15, 0.2) is 28.8 Å².